The van der Waals surface area contributed by atoms with E-state index in [0.717, 1.165) is 41.7 Å². The first kappa shape index (κ1) is 29.3. The van der Waals surface area contributed by atoms with E-state index >= 15 is 0 Å². The van der Waals surface area contributed by atoms with Crippen molar-refractivity contribution in [3.63, 3.8) is 0 Å². The summed E-state index contributed by atoms with van der Waals surface area (Å²) in [6, 6.07) is 24.6. The Kier molecular flexibility index (Phi) is 10.7. The molecule has 0 bridgehead atoms. The molecule has 2 amide bonds. The fourth-order valence-electron chi connectivity index (χ4n) is 4.69. The Bertz CT molecular complexity index is 1360. The number of amides is 2. The van der Waals surface area contributed by atoms with Crippen LogP contribution < -0.4 is 14.8 Å². The van der Waals surface area contributed by atoms with Crippen LogP contribution >= 0.6 is 0 Å². The number of rotatable bonds is 8. The summed E-state index contributed by atoms with van der Waals surface area (Å²) >= 11 is 0. The number of sulfonamides is 1. The second-order valence-electron chi connectivity index (χ2n) is 10.1. The van der Waals surface area contributed by atoms with Crippen molar-refractivity contribution in [2.24, 2.45) is 0 Å². The molecule has 3 aromatic carbocycles. The van der Waals surface area contributed by atoms with Gasteiger partial charge in [0, 0.05) is 31.6 Å². The molecule has 8 nitrogen and oxygen atoms in total. The molecule has 0 spiro atoms. The third-order valence-corrected chi connectivity index (χ3v) is 7.90. The molecule has 0 radical (unpaired) electrons. The lowest BCUT2D eigenvalue weighted by atomic mass is 10.0. The molecule has 0 fully saturated rings. The molecule has 0 saturated heterocycles. The van der Waals surface area contributed by atoms with Crippen LogP contribution in [-0.2, 0) is 44.9 Å². The monoisotopic (exact) mass is 563 g/mol. The van der Waals surface area contributed by atoms with E-state index in [1.165, 1.54) is 0 Å². The maximum absolute atomic E-state index is 12.7. The first-order valence-corrected chi connectivity index (χ1v) is 15.4. The zero-order chi connectivity index (χ0) is 28.2. The lowest BCUT2D eigenvalue weighted by molar-refractivity contribution is -0.122. The highest BCUT2D eigenvalue weighted by atomic mass is 32.2. The fourth-order valence-corrected chi connectivity index (χ4v) is 5.84. The Morgan fingerprint density at radius 1 is 0.875 bits per heavy atom. The topological polar surface area (TPSA) is 105 Å². The van der Waals surface area contributed by atoms with E-state index in [9.17, 15) is 18.0 Å². The summed E-state index contributed by atoms with van der Waals surface area (Å²) in [4.78, 5) is 27.3. The van der Waals surface area contributed by atoms with Crippen molar-refractivity contribution >= 4 is 21.8 Å². The molecule has 0 unspecified atom stereocenters. The Hall–Kier alpha value is -3.69. The molecule has 3 aromatic rings. The molecule has 9 heteroatoms. The van der Waals surface area contributed by atoms with Gasteiger partial charge in [0.15, 0.2) is 0 Å². The van der Waals surface area contributed by atoms with Crippen LogP contribution in [0.4, 0.5) is 0 Å². The third-order valence-electron chi connectivity index (χ3n) is 6.65. The fraction of sp³-hybridized carbons (Fsp3) is 0.355. The smallest absolute Gasteiger partial charge is 0.239 e. The number of nitrogens with one attached hydrogen (secondary N) is 2. The highest BCUT2D eigenvalue weighted by Gasteiger charge is 2.18. The number of ether oxygens (including phenoxy) is 1. The molecule has 0 aromatic heterocycles. The molecular weight excluding hydrogens is 526 g/mol. The van der Waals surface area contributed by atoms with Crippen LogP contribution in [0.15, 0.2) is 78.9 Å². The van der Waals surface area contributed by atoms with Crippen LogP contribution in [0.1, 0.15) is 47.9 Å². The van der Waals surface area contributed by atoms with Gasteiger partial charge in [-0.15, -0.1) is 0 Å². The van der Waals surface area contributed by atoms with Crippen LogP contribution in [0.25, 0.3) is 0 Å². The molecule has 0 saturated carbocycles. The molecule has 0 aliphatic carbocycles. The number of benzene rings is 3. The Morgan fingerprint density at radius 2 is 1.60 bits per heavy atom. The van der Waals surface area contributed by atoms with E-state index in [1.807, 2.05) is 54.6 Å². The largest absolute Gasteiger partial charge is 0.493 e. The van der Waals surface area contributed by atoms with Crippen LogP contribution in [0, 0.1) is 0 Å². The summed E-state index contributed by atoms with van der Waals surface area (Å²) in [5, 5.41) is 3.02. The number of carbonyl (C=O) groups excluding carboxylic acids is 2. The van der Waals surface area contributed by atoms with Gasteiger partial charge >= 0.3 is 0 Å². The predicted molar refractivity (Wildman–Crippen MR) is 155 cm³/mol. The van der Waals surface area contributed by atoms with Crippen molar-refractivity contribution in [3.05, 3.63) is 101 Å². The highest BCUT2D eigenvalue weighted by Crippen LogP contribution is 2.24. The van der Waals surface area contributed by atoms with Crippen molar-refractivity contribution < 1.29 is 22.7 Å². The van der Waals surface area contributed by atoms with Gasteiger partial charge in [0.05, 0.1) is 18.9 Å². The average Bonchev–Trinajstić information content (AvgIpc) is 2.93. The number of carbonyl (C=O) groups is 2. The van der Waals surface area contributed by atoms with Gasteiger partial charge in [-0.05, 0) is 48.4 Å². The molecular formula is C31H37N3O5S. The van der Waals surface area contributed by atoms with E-state index in [0.29, 0.717) is 38.2 Å². The van der Waals surface area contributed by atoms with Crippen LogP contribution in [0.2, 0.25) is 0 Å². The van der Waals surface area contributed by atoms with E-state index in [2.05, 4.69) is 14.9 Å². The molecule has 212 valence electrons. The molecule has 2 N–H and O–H groups in total. The average molecular weight is 564 g/mol. The number of aryl methyl sites for hydroxylation is 1. The second kappa shape index (κ2) is 14.6. The SMILES string of the molecule is O=C1CN(Cc2ccccc2)Cc2cc(CCC(=O)NS(=O)(=O)Cc3ccccc3)ccc2OCCCCCN1. The van der Waals surface area contributed by atoms with E-state index in [4.69, 9.17) is 4.74 Å². The summed E-state index contributed by atoms with van der Waals surface area (Å²) in [6.45, 7) is 2.57. The molecule has 1 heterocycles. The van der Waals surface area contributed by atoms with Crippen molar-refractivity contribution in [1.82, 2.24) is 14.9 Å². The summed E-state index contributed by atoms with van der Waals surface area (Å²) in [7, 11) is -3.78. The Labute approximate surface area is 236 Å². The van der Waals surface area contributed by atoms with Gasteiger partial charge in [0.1, 0.15) is 5.75 Å². The molecule has 40 heavy (non-hydrogen) atoms. The van der Waals surface area contributed by atoms with Crippen molar-refractivity contribution in [1.29, 1.82) is 0 Å². The van der Waals surface area contributed by atoms with Gasteiger partial charge in [0.2, 0.25) is 21.8 Å². The highest BCUT2D eigenvalue weighted by molar-refractivity contribution is 7.89. The zero-order valence-corrected chi connectivity index (χ0v) is 23.5. The third kappa shape index (κ3) is 9.81. The van der Waals surface area contributed by atoms with Gasteiger partial charge in [0.25, 0.3) is 0 Å². The first-order chi connectivity index (χ1) is 19.4. The second-order valence-corrected chi connectivity index (χ2v) is 11.8. The first-order valence-electron chi connectivity index (χ1n) is 13.7. The molecule has 1 aliphatic rings. The quantitative estimate of drug-likeness (QED) is 0.430. The van der Waals surface area contributed by atoms with Crippen molar-refractivity contribution in [3.8, 4) is 5.75 Å². The minimum atomic E-state index is -3.78. The van der Waals surface area contributed by atoms with Gasteiger partial charge in [-0.1, -0.05) is 72.8 Å². The van der Waals surface area contributed by atoms with Gasteiger partial charge in [-0.3, -0.25) is 19.2 Å². The normalized spacial score (nSPS) is 15.3. The van der Waals surface area contributed by atoms with Gasteiger partial charge < -0.3 is 10.1 Å². The van der Waals surface area contributed by atoms with E-state index < -0.39 is 15.9 Å². The molecule has 4 rings (SSSR count). The van der Waals surface area contributed by atoms with Crippen molar-refractivity contribution in [2.45, 2.75) is 50.9 Å². The molecule has 1 aliphatic heterocycles. The summed E-state index contributed by atoms with van der Waals surface area (Å²) in [5.74, 6) is -0.0438. The van der Waals surface area contributed by atoms with E-state index in [-0.39, 0.29) is 24.6 Å². The summed E-state index contributed by atoms with van der Waals surface area (Å²) in [5.41, 5.74) is 3.54. The Balaban J connectivity index is 1.45. The lowest BCUT2D eigenvalue weighted by Gasteiger charge is -2.24. The minimum absolute atomic E-state index is 0.0119. The van der Waals surface area contributed by atoms with Gasteiger partial charge in [-0.25, -0.2) is 8.42 Å². The summed E-state index contributed by atoms with van der Waals surface area (Å²) in [6.07, 6.45) is 3.16. The zero-order valence-electron chi connectivity index (χ0n) is 22.7. The van der Waals surface area contributed by atoms with Crippen LogP contribution in [0.5, 0.6) is 5.75 Å². The summed E-state index contributed by atoms with van der Waals surface area (Å²) < 4.78 is 33.2. The number of hydrogen-bond donors (Lipinski definition) is 2. The van der Waals surface area contributed by atoms with Crippen LogP contribution in [0.3, 0.4) is 0 Å². The van der Waals surface area contributed by atoms with Gasteiger partial charge in [-0.2, -0.15) is 0 Å². The van der Waals surface area contributed by atoms with E-state index in [1.54, 1.807) is 24.3 Å². The predicted octanol–water partition coefficient (Wildman–Crippen LogP) is 3.95. The lowest BCUT2D eigenvalue weighted by Crippen LogP contribution is -2.37. The maximum Gasteiger partial charge on any atom is 0.239 e. The maximum atomic E-state index is 12.7. The molecule has 0 atom stereocenters. The number of fused-ring (bicyclic) bond motifs is 1. The standard InChI is InChI=1S/C31H37N3O5S/c35-30(33-40(37,38)24-27-12-6-2-7-13-27)17-15-25-14-16-29-28(20-25)22-34(21-26-10-4-1-5-11-26)23-31(36)32-18-8-3-9-19-39-29/h1-2,4-7,10-14,16,20H,3,8-9,15,17-19,21-24H2,(H,32,36)(H,33,35). The van der Waals surface area contributed by atoms with Crippen molar-refractivity contribution in [2.75, 3.05) is 19.7 Å². The number of hydrogen-bond acceptors (Lipinski definition) is 6. The van der Waals surface area contributed by atoms with Crippen LogP contribution in [-0.4, -0.2) is 44.8 Å². The Morgan fingerprint density at radius 3 is 2.35 bits per heavy atom. The minimum Gasteiger partial charge on any atom is -0.493 e. The number of nitrogens with zero attached hydrogens (tertiary/aromatic N) is 1.